The van der Waals surface area contributed by atoms with Gasteiger partial charge in [-0.25, -0.2) is 4.79 Å². The van der Waals surface area contributed by atoms with E-state index in [-0.39, 0.29) is 18.5 Å². The predicted octanol–water partition coefficient (Wildman–Crippen LogP) is 3.12. The first-order valence-corrected chi connectivity index (χ1v) is 7.24. The van der Waals surface area contributed by atoms with Gasteiger partial charge in [0, 0.05) is 31.1 Å². The molecule has 0 aliphatic carbocycles. The normalized spacial score (nSPS) is 11.8. The molecular weight excluding hydrogens is 292 g/mol. The minimum absolute atomic E-state index is 0.0643. The molecule has 21 heavy (non-hydrogen) atoms. The van der Waals surface area contributed by atoms with Crippen molar-refractivity contribution in [2.75, 3.05) is 7.05 Å². The van der Waals surface area contributed by atoms with E-state index in [0.717, 1.165) is 5.56 Å². The Hall–Kier alpha value is -1.75. The molecule has 1 aromatic carbocycles. The molecule has 0 saturated heterocycles. The number of halogens is 1. The van der Waals surface area contributed by atoms with E-state index in [4.69, 9.17) is 16.7 Å². The average molecular weight is 313 g/mol. The lowest BCUT2D eigenvalue weighted by molar-refractivity contribution is -0.137. The molecule has 0 heterocycles. The minimum atomic E-state index is -0.815. The van der Waals surface area contributed by atoms with Gasteiger partial charge in [0.2, 0.25) is 0 Å². The number of carbonyl (C=O) groups excluding carboxylic acids is 1. The van der Waals surface area contributed by atoms with Crippen molar-refractivity contribution in [3.05, 3.63) is 34.9 Å². The van der Waals surface area contributed by atoms with Crippen LogP contribution < -0.4 is 5.32 Å². The summed E-state index contributed by atoms with van der Waals surface area (Å²) < 4.78 is 0. The Bertz CT molecular complexity index is 494. The number of amides is 2. The van der Waals surface area contributed by atoms with Crippen LogP contribution in [0.25, 0.3) is 0 Å². The summed E-state index contributed by atoms with van der Waals surface area (Å²) >= 11 is 6.06. The number of aliphatic carboxylic acids is 1. The summed E-state index contributed by atoms with van der Waals surface area (Å²) in [6, 6.07) is 7.13. The van der Waals surface area contributed by atoms with Gasteiger partial charge in [0.05, 0.1) is 0 Å². The van der Waals surface area contributed by atoms with Crippen molar-refractivity contribution in [3.8, 4) is 0 Å². The van der Waals surface area contributed by atoms with Crippen molar-refractivity contribution in [3.63, 3.8) is 0 Å². The summed E-state index contributed by atoms with van der Waals surface area (Å²) in [5, 5.41) is 12.1. The molecule has 116 valence electrons. The quantitative estimate of drug-likeness (QED) is 0.812. The summed E-state index contributed by atoms with van der Waals surface area (Å²) in [4.78, 5) is 24.0. The van der Waals surface area contributed by atoms with Crippen LogP contribution in [0.2, 0.25) is 5.02 Å². The number of urea groups is 1. The third-order valence-corrected chi connectivity index (χ3v) is 3.48. The van der Waals surface area contributed by atoms with E-state index in [0.29, 0.717) is 24.4 Å². The monoisotopic (exact) mass is 312 g/mol. The standard InChI is InChI=1S/C15H21ClN2O3/c1-11(6-5-9-14(19)20)17-15(21)18(2)10-12-7-3-4-8-13(12)16/h3-4,7-8,11H,5-6,9-10H2,1-2H3,(H,17,21)(H,19,20). The zero-order valence-electron chi connectivity index (χ0n) is 12.3. The lowest BCUT2D eigenvalue weighted by Gasteiger charge is -2.21. The maximum absolute atomic E-state index is 12.0. The molecule has 0 spiro atoms. The van der Waals surface area contributed by atoms with Gasteiger partial charge in [-0.15, -0.1) is 0 Å². The average Bonchev–Trinajstić information content (AvgIpc) is 2.40. The van der Waals surface area contributed by atoms with Gasteiger partial charge in [-0.3, -0.25) is 4.79 Å². The summed E-state index contributed by atoms with van der Waals surface area (Å²) in [5.41, 5.74) is 0.885. The maximum atomic E-state index is 12.0. The fraction of sp³-hybridized carbons (Fsp3) is 0.467. The van der Waals surface area contributed by atoms with E-state index < -0.39 is 5.97 Å². The fourth-order valence-corrected chi connectivity index (χ4v) is 2.10. The molecule has 2 N–H and O–H groups in total. The van der Waals surface area contributed by atoms with Crippen molar-refractivity contribution in [1.82, 2.24) is 10.2 Å². The van der Waals surface area contributed by atoms with Crippen LogP contribution in [0.15, 0.2) is 24.3 Å². The lowest BCUT2D eigenvalue weighted by Crippen LogP contribution is -2.41. The first-order valence-electron chi connectivity index (χ1n) is 6.87. The lowest BCUT2D eigenvalue weighted by atomic mass is 10.1. The Morgan fingerprint density at radius 1 is 1.38 bits per heavy atom. The van der Waals surface area contributed by atoms with Gasteiger partial charge in [-0.1, -0.05) is 29.8 Å². The SMILES string of the molecule is CC(CCCC(=O)O)NC(=O)N(C)Cc1ccccc1Cl. The van der Waals surface area contributed by atoms with Crippen molar-refractivity contribution in [1.29, 1.82) is 0 Å². The highest BCUT2D eigenvalue weighted by atomic mass is 35.5. The van der Waals surface area contributed by atoms with E-state index in [1.54, 1.807) is 18.0 Å². The van der Waals surface area contributed by atoms with Gasteiger partial charge in [-0.2, -0.15) is 0 Å². The van der Waals surface area contributed by atoms with Crippen molar-refractivity contribution in [2.45, 2.75) is 38.8 Å². The molecule has 1 unspecified atom stereocenters. The van der Waals surface area contributed by atoms with Crippen molar-refractivity contribution >= 4 is 23.6 Å². The van der Waals surface area contributed by atoms with Gasteiger partial charge in [0.1, 0.15) is 0 Å². The third kappa shape index (κ3) is 6.49. The van der Waals surface area contributed by atoms with Crippen LogP contribution in [0.5, 0.6) is 0 Å². The number of carboxylic acids is 1. The van der Waals surface area contributed by atoms with E-state index in [9.17, 15) is 9.59 Å². The van der Waals surface area contributed by atoms with Gasteiger partial charge < -0.3 is 15.3 Å². The zero-order chi connectivity index (χ0) is 15.8. The number of rotatable bonds is 7. The minimum Gasteiger partial charge on any atom is -0.481 e. The first kappa shape index (κ1) is 17.3. The number of hydrogen-bond donors (Lipinski definition) is 2. The van der Waals surface area contributed by atoms with Gasteiger partial charge in [0.25, 0.3) is 0 Å². The maximum Gasteiger partial charge on any atom is 0.317 e. The Kier molecular flexibility index (Phi) is 7.02. The van der Waals surface area contributed by atoms with Crippen LogP contribution >= 0.6 is 11.6 Å². The molecule has 1 atom stereocenters. The number of carboxylic acid groups (broad SMARTS) is 1. The molecule has 0 radical (unpaired) electrons. The highest BCUT2D eigenvalue weighted by Crippen LogP contribution is 2.16. The molecule has 6 heteroatoms. The number of nitrogens with zero attached hydrogens (tertiary/aromatic N) is 1. The molecule has 0 bridgehead atoms. The van der Waals surface area contributed by atoms with Gasteiger partial charge in [0.15, 0.2) is 0 Å². The Morgan fingerprint density at radius 3 is 2.67 bits per heavy atom. The Morgan fingerprint density at radius 2 is 2.05 bits per heavy atom. The summed E-state index contributed by atoms with van der Waals surface area (Å²) in [7, 11) is 1.70. The van der Waals surface area contributed by atoms with E-state index >= 15 is 0 Å². The first-order chi connectivity index (χ1) is 9.90. The molecule has 0 aromatic heterocycles. The summed E-state index contributed by atoms with van der Waals surface area (Å²) in [5.74, 6) is -0.815. The molecule has 0 aliphatic heterocycles. The number of benzene rings is 1. The second-order valence-electron chi connectivity index (χ2n) is 5.08. The van der Waals surface area contributed by atoms with Crippen molar-refractivity contribution in [2.24, 2.45) is 0 Å². The van der Waals surface area contributed by atoms with Gasteiger partial charge >= 0.3 is 12.0 Å². The molecule has 1 rings (SSSR count). The molecule has 0 saturated carbocycles. The smallest absolute Gasteiger partial charge is 0.317 e. The van der Waals surface area contributed by atoms with Crippen LogP contribution in [-0.2, 0) is 11.3 Å². The number of nitrogens with one attached hydrogen (secondary N) is 1. The number of hydrogen-bond acceptors (Lipinski definition) is 2. The molecule has 5 nitrogen and oxygen atoms in total. The molecule has 0 fully saturated rings. The van der Waals surface area contributed by atoms with E-state index in [2.05, 4.69) is 5.32 Å². The number of carbonyl (C=O) groups is 2. The highest BCUT2D eigenvalue weighted by Gasteiger charge is 2.13. The third-order valence-electron chi connectivity index (χ3n) is 3.11. The zero-order valence-corrected chi connectivity index (χ0v) is 13.1. The van der Waals surface area contributed by atoms with Crippen LogP contribution in [-0.4, -0.2) is 35.1 Å². The van der Waals surface area contributed by atoms with Crippen LogP contribution in [0.3, 0.4) is 0 Å². The van der Waals surface area contributed by atoms with Crippen LogP contribution in [0, 0.1) is 0 Å². The Labute approximate surface area is 129 Å². The molecular formula is C15H21ClN2O3. The predicted molar refractivity (Wildman–Crippen MR) is 82.4 cm³/mol. The second-order valence-corrected chi connectivity index (χ2v) is 5.49. The van der Waals surface area contributed by atoms with Crippen LogP contribution in [0.1, 0.15) is 31.7 Å². The fourth-order valence-electron chi connectivity index (χ4n) is 1.91. The molecule has 1 aromatic rings. The summed E-state index contributed by atoms with van der Waals surface area (Å²) in [6.07, 6.45) is 1.30. The van der Waals surface area contributed by atoms with E-state index in [1.807, 2.05) is 25.1 Å². The topological polar surface area (TPSA) is 69.6 Å². The highest BCUT2D eigenvalue weighted by molar-refractivity contribution is 6.31. The van der Waals surface area contributed by atoms with Crippen molar-refractivity contribution < 1.29 is 14.7 Å². The second kappa shape index (κ2) is 8.52. The van der Waals surface area contributed by atoms with E-state index in [1.165, 1.54) is 0 Å². The molecule has 0 aliphatic rings. The molecule has 2 amide bonds. The van der Waals surface area contributed by atoms with Gasteiger partial charge in [-0.05, 0) is 31.4 Å². The largest absolute Gasteiger partial charge is 0.481 e. The summed E-state index contributed by atoms with van der Waals surface area (Å²) in [6.45, 7) is 2.29. The Balaban J connectivity index is 2.40. The van der Waals surface area contributed by atoms with Crippen LogP contribution in [0.4, 0.5) is 4.79 Å².